The third-order valence-electron chi connectivity index (χ3n) is 7.43. The molecule has 1 aliphatic carbocycles. The summed E-state index contributed by atoms with van der Waals surface area (Å²) in [6.07, 6.45) is 7.11. The summed E-state index contributed by atoms with van der Waals surface area (Å²) < 4.78 is 26.7. The monoisotopic (exact) mass is 466 g/mol. The number of piperazine rings is 1. The number of carbonyl (C=O) groups excluding carboxylic acids is 2. The highest BCUT2D eigenvalue weighted by Crippen LogP contribution is 2.60. The Balaban J connectivity index is 1.10. The SMILES string of the molecule is O=C(/C=C/c1cc(F)cc(F)c1)N1CCC2(CC1)C[C@@H]2C(=O)N1CCN(c2ccccn2)CC1. The van der Waals surface area contributed by atoms with Gasteiger partial charge in [0.2, 0.25) is 11.8 Å². The minimum absolute atomic E-state index is 0.0153. The molecule has 178 valence electrons. The van der Waals surface area contributed by atoms with Gasteiger partial charge in [0.15, 0.2) is 0 Å². The van der Waals surface area contributed by atoms with Gasteiger partial charge in [0.1, 0.15) is 17.5 Å². The maximum absolute atomic E-state index is 13.3. The first-order chi connectivity index (χ1) is 16.4. The van der Waals surface area contributed by atoms with Gasteiger partial charge in [0.25, 0.3) is 0 Å². The summed E-state index contributed by atoms with van der Waals surface area (Å²) in [5.41, 5.74) is 0.330. The van der Waals surface area contributed by atoms with Gasteiger partial charge < -0.3 is 14.7 Å². The maximum Gasteiger partial charge on any atom is 0.246 e. The van der Waals surface area contributed by atoms with E-state index in [1.165, 1.54) is 24.3 Å². The number of amides is 2. The Morgan fingerprint density at radius 2 is 1.65 bits per heavy atom. The van der Waals surface area contributed by atoms with Crippen molar-refractivity contribution in [3.05, 3.63) is 65.9 Å². The minimum Gasteiger partial charge on any atom is -0.353 e. The fourth-order valence-electron chi connectivity index (χ4n) is 5.28. The number of anilines is 1. The van der Waals surface area contributed by atoms with Gasteiger partial charge in [-0.25, -0.2) is 13.8 Å². The molecule has 34 heavy (non-hydrogen) atoms. The van der Waals surface area contributed by atoms with Crippen LogP contribution in [0.3, 0.4) is 0 Å². The molecule has 0 N–H and O–H groups in total. The average Bonchev–Trinajstić information content (AvgIpc) is 3.55. The van der Waals surface area contributed by atoms with E-state index in [0.717, 1.165) is 44.2 Å². The molecular weight excluding hydrogens is 438 g/mol. The number of hydrogen-bond acceptors (Lipinski definition) is 4. The van der Waals surface area contributed by atoms with Gasteiger partial charge in [-0.2, -0.15) is 0 Å². The molecule has 1 aromatic carbocycles. The van der Waals surface area contributed by atoms with E-state index >= 15 is 0 Å². The van der Waals surface area contributed by atoms with E-state index < -0.39 is 11.6 Å². The van der Waals surface area contributed by atoms with Gasteiger partial charge in [-0.15, -0.1) is 0 Å². The van der Waals surface area contributed by atoms with Crippen molar-refractivity contribution in [1.29, 1.82) is 0 Å². The lowest BCUT2D eigenvalue weighted by Gasteiger charge is -2.37. The summed E-state index contributed by atoms with van der Waals surface area (Å²) in [5, 5.41) is 0. The summed E-state index contributed by atoms with van der Waals surface area (Å²) >= 11 is 0. The molecule has 2 aliphatic heterocycles. The molecule has 0 unspecified atom stereocenters. The predicted molar refractivity (Wildman–Crippen MR) is 125 cm³/mol. The van der Waals surface area contributed by atoms with Gasteiger partial charge in [-0.3, -0.25) is 9.59 Å². The normalized spacial score (nSPS) is 21.8. The van der Waals surface area contributed by atoms with E-state index in [2.05, 4.69) is 9.88 Å². The minimum atomic E-state index is -0.672. The van der Waals surface area contributed by atoms with Crippen LogP contribution < -0.4 is 4.90 Å². The zero-order valence-corrected chi connectivity index (χ0v) is 19.0. The number of likely N-dealkylation sites (tertiary alicyclic amines) is 1. The molecule has 2 amide bonds. The molecule has 1 atom stereocenters. The van der Waals surface area contributed by atoms with Crippen LogP contribution in [-0.4, -0.2) is 65.9 Å². The number of carbonyl (C=O) groups is 2. The van der Waals surface area contributed by atoms with Crippen LogP contribution >= 0.6 is 0 Å². The molecule has 3 aliphatic rings. The highest BCUT2D eigenvalue weighted by molar-refractivity contribution is 5.92. The van der Waals surface area contributed by atoms with Crippen LogP contribution in [0.15, 0.2) is 48.7 Å². The summed E-state index contributed by atoms with van der Waals surface area (Å²) in [4.78, 5) is 36.0. The van der Waals surface area contributed by atoms with Crippen LogP contribution in [0.2, 0.25) is 0 Å². The molecule has 1 spiro atoms. The lowest BCUT2D eigenvalue weighted by Crippen LogP contribution is -2.50. The van der Waals surface area contributed by atoms with Gasteiger partial charge in [0, 0.05) is 63.5 Å². The second-order valence-electron chi connectivity index (χ2n) is 9.48. The van der Waals surface area contributed by atoms with Crippen molar-refractivity contribution in [2.24, 2.45) is 11.3 Å². The fourth-order valence-corrected chi connectivity index (χ4v) is 5.28. The van der Waals surface area contributed by atoms with Gasteiger partial charge in [0.05, 0.1) is 0 Å². The number of hydrogen-bond donors (Lipinski definition) is 0. The summed E-state index contributed by atoms with van der Waals surface area (Å²) in [5.74, 6) is -0.269. The molecule has 2 aromatic rings. The Morgan fingerprint density at radius 3 is 2.29 bits per heavy atom. The Kier molecular flexibility index (Phi) is 6.06. The second-order valence-corrected chi connectivity index (χ2v) is 9.48. The first-order valence-electron chi connectivity index (χ1n) is 11.8. The molecule has 0 bridgehead atoms. The Bertz CT molecular complexity index is 1070. The largest absolute Gasteiger partial charge is 0.353 e. The third-order valence-corrected chi connectivity index (χ3v) is 7.43. The fraction of sp³-hybridized carbons (Fsp3) is 0.423. The first-order valence-corrected chi connectivity index (χ1v) is 11.8. The van der Waals surface area contributed by atoms with Crippen molar-refractivity contribution in [2.45, 2.75) is 19.3 Å². The molecule has 3 fully saturated rings. The topological polar surface area (TPSA) is 56.8 Å². The van der Waals surface area contributed by atoms with Crippen LogP contribution in [0, 0.1) is 23.0 Å². The highest BCUT2D eigenvalue weighted by atomic mass is 19.1. The van der Waals surface area contributed by atoms with E-state index in [1.54, 1.807) is 11.1 Å². The van der Waals surface area contributed by atoms with Crippen LogP contribution in [0.4, 0.5) is 14.6 Å². The van der Waals surface area contributed by atoms with Crippen LogP contribution in [-0.2, 0) is 9.59 Å². The Morgan fingerprint density at radius 1 is 0.941 bits per heavy atom. The summed E-state index contributed by atoms with van der Waals surface area (Å²) in [6, 6.07) is 9.05. The summed E-state index contributed by atoms with van der Waals surface area (Å²) in [6.45, 7) is 4.17. The number of nitrogens with zero attached hydrogens (tertiary/aromatic N) is 4. The van der Waals surface area contributed by atoms with Gasteiger partial charge in [-0.1, -0.05) is 6.07 Å². The van der Waals surface area contributed by atoms with Crippen LogP contribution in [0.5, 0.6) is 0 Å². The maximum atomic E-state index is 13.3. The van der Waals surface area contributed by atoms with Crippen molar-refractivity contribution in [3.8, 4) is 0 Å². The second kappa shape index (κ2) is 9.16. The third kappa shape index (κ3) is 4.67. The molecule has 8 heteroatoms. The molecule has 1 aromatic heterocycles. The molecule has 1 saturated carbocycles. The molecule has 3 heterocycles. The van der Waals surface area contributed by atoms with Crippen molar-refractivity contribution in [2.75, 3.05) is 44.2 Å². The van der Waals surface area contributed by atoms with E-state index in [9.17, 15) is 18.4 Å². The van der Waals surface area contributed by atoms with Crippen molar-refractivity contribution < 1.29 is 18.4 Å². The molecule has 0 radical (unpaired) electrons. The number of rotatable bonds is 4. The van der Waals surface area contributed by atoms with Crippen molar-refractivity contribution in [3.63, 3.8) is 0 Å². The average molecular weight is 467 g/mol. The van der Waals surface area contributed by atoms with E-state index in [0.29, 0.717) is 31.7 Å². The van der Waals surface area contributed by atoms with E-state index in [-0.39, 0.29) is 23.1 Å². The number of piperidine rings is 1. The molecule has 2 saturated heterocycles. The highest BCUT2D eigenvalue weighted by Gasteiger charge is 2.59. The smallest absolute Gasteiger partial charge is 0.246 e. The molecular formula is C26H28F2N4O2. The number of pyridine rings is 1. The Labute approximate surface area is 197 Å². The predicted octanol–water partition coefficient (Wildman–Crippen LogP) is 3.35. The lowest BCUT2D eigenvalue weighted by molar-refractivity contribution is -0.134. The number of aromatic nitrogens is 1. The van der Waals surface area contributed by atoms with Gasteiger partial charge >= 0.3 is 0 Å². The first kappa shape index (κ1) is 22.5. The zero-order chi connectivity index (χ0) is 23.7. The quantitative estimate of drug-likeness (QED) is 0.649. The van der Waals surface area contributed by atoms with E-state index in [1.807, 2.05) is 23.1 Å². The zero-order valence-electron chi connectivity index (χ0n) is 19.0. The molecule has 5 rings (SSSR count). The number of benzene rings is 1. The lowest BCUT2D eigenvalue weighted by atomic mass is 9.90. The van der Waals surface area contributed by atoms with Crippen molar-refractivity contribution in [1.82, 2.24) is 14.8 Å². The summed E-state index contributed by atoms with van der Waals surface area (Å²) in [7, 11) is 0. The van der Waals surface area contributed by atoms with Crippen LogP contribution in [0.1, 0.15) is 24.8 Å². The molecule has 6 nitrogen and oxygen atoms in total. The van der Waals surface area contributed by atoms with Crippen molar-refractivity contribution >= 4 is 23.7 Å². The number of halogens is 2. The van der Waals surface area contributed by atoms with E-state index in [4.69, 9.17) is 0 Å². The van der Waals surface area contributed by atoms with Gasteiger partial charge in [-0.05, 0) is 60.6 Å². The van der Waals surface area contributed by atoms with Crippen LogP contribution in [0.25, 0.3) is 6.08 Å². The Hall–Kier alpha value is -3.29. The standard InChI is InChI=1S/C26H28F2N4O2/c27-20-15-19(16-21(28)17-20)4-5-24(33)31-9-6-26(7-10-31)18-22(26)25(34)32-13-11-30(12-14-32)23-3-1-2-8-29-23/h1-5,8,15-17,22H,6-7,9-14,18H2/b5-4+/t22-/m1/s1.